The van der Waals surface area contributed by atoms with Crippen molar-refractivity contribution in [3.05, 3.63) is 136 Å². The molecule has 0 aromatic heterocycles. The lowest BCUT2D eigenvalue weighted by Crippen LogP contribution is -2.54. The fourth-order valence-electron chi connectivity index (χ4n) is 4.95. The number of nitrogens with zero attached hydrogens (tertiary/aromatic N) is 3. The smallest absolute Gasteiger partial charge is 0.271 e. The third kappa shape index (κ3) is 8.54. The van der Waals surface area contributed by atoms with E-state index in [-0.39, 0.29) is 41.2 Å². The van der Waals surface area contributed by atoms with Crippen LogP contribution in [0.25, 0.3) is 0 Å². The summed E-state index contributed by atoms with van der Waals surface area (Å²) in [5.74, 6) is -1.04. The first-order chi connectivity index (χ1) is 21.5. The quantitative estimate of drug-likeness (QED) is 0.159. The molecule has 0 fully saturated rings. The molecule has 1 atom stereocenters. The number of rotatable bonds is 13. The van der Waals surface area contributed by atoms with E-state index >= 15 is 0 Å². The first-order valence-corrected chi connectivity index (χ1v) is 15.9. The fraction of sp³-hybridized carbons (Fsp3) is 0.235. The Hall–Kier alpha value is -5.03. The predicted molar refractivity (Wildman–Crippen MR) is 173 cm³/mol. The number of benzene rings is 4. The molecule has 0 aliphatic carbocycles. The van der Waals surface area contributed by atoms with Crippen LogP contribution in [0, 0.1) is 17.0 Å². The van der Waals surface area contributed by atoms with Crippen LogP contribution in [0.5, 0.6) is 0 Å². The fourth-order valence-corrected chi connectivity index (χ4v) is 6.38. The van der Waals surface area contributed by atoms with Crippen LogP contribution in [0.15, 0.2) is 114 Å². The van der Waals surface area contributed by atoms with E-state index in [4.69, 9.17) is 0 Å². The second-order valence-electron chi connectivity index (χ2n) is 11.0. The van der Waals surface area contributed by atoms with E-state index in [2.05, 4.69) is 5.32 Å². The molecule has 4 rings (SSSR count). The zero-order chi connectivity index (χ0) is 32.6. The number of amides is 2. The number of nitrogens with one attached hydrogen (secondary N) is 1. The maximum atomic E-state index is 14.4. The van der Waals surface area contributed by atoms with Gasteiger partial charge in [0.05, 0.1) is 15.5 Å². The summed E-state index contributed by atoms with van der Waals surface area (Å²) in [4.78, 5) is 40.5. The van der Waals surface area contributed by atoms with Gasteiger partial charge in [-0.1, -0.05) is 84.4 Å². The summed E-state index contributed by atoms with van der Waals surface area (Å²) in [6.07, 6.45) is 0.180. The Morgan fingerprint density at radius 3 is 2.09 bits per heavy atom. The van der Waals surface area contributed by atoms with Gasteiger partial charge in [-0.3, -0.25) is 24.0 Å². The van der Waals surface area contributed by atoms with Crippen LogP contribution in [0.2, 0.25) is 0 Å². The van der Waals surface area contributed by atoms with E-state index < -0.39 is 33.4 Å². The lowest BCUT2D eigenvalue weighted by molar-refractivity contribution is -0.384. The Bertz CT molecular complexity index is 1750. The average Bonchev–Trinajstić information content (AvgIpc) is 3.02. The Labute approximate surface area is 263 Å². The van der Waals surface area contributed by atoms with Gasteiger partial charge in [-0.05, 0) is 50.1 Å². The van der Waals surface area contributed by atoms with Crippen molar-refractivity contribution in [2.45, 2.75) is 50.7 Å². The topological polar surface area (TPSA) is 130 Å². The minimum absolute atomic E-state index is 0.0255. The van der Waals surface area contributed by atoms with Gasteiger partial charge in [-0.15, -0.1) is 0 Å². The minimum atomic E-state index is -4.37. The highest BCUT2D eigenvalue weighted by molar-refractivity contribution is 7.92. The molecule has 0 unspecified atom stereocenters. The van der Waals surface area contributed by atoms with Gasteiger partial charge in [0.25, 0.3) is 15.7 Å². The predicted octanol–water partition coefficient (Wildman–Crippen LogP) is 5.26. The van der Waals surface area contributed by atoms with Crippen LogP contribution in [0.3, 0.4) is 0 Å². The Morgan fingerprint density at radius 1 is 0.844 bits per heavy atom. The van der Waals surface area contributed by atoms with Crippen molar-refractivity contribution in [2.75, 3.05) is 10.8 Å². The molecule has 0 saturated carbocycles. The van der Waals surface area contributed by atoms with E-state index in [9.17, 15) is 28.1 Å². The van der Waals surface area contributed by atoms with Gasteiger partial charge in [-0.2, -0.15) is 0 Å². The van der Waals surface area contributed by atoms with Crippen molar-refractivity contribution < 1.29 is 22.9 Å². The maximum absolute atomic E-state index is 14.4. The normalized spacial score (nSPS) is 11.9. The number of hydrogen-bond acceptors (Lipinski definition) is 6. The van der Waals surface area contributed by atoms with Crippen LogP contribution in [-0.2, 0) is 32.6 Å². The number of sulfonamides is 1. The number of carbonyl (C=O) groups is 2. The SMILES string of the molecule is Cc1cccc(CN(C(=O)CN(c2cccc([N+](=O)[O-])c2)S(=O)(=O)c2ccccc2)[C@H](Cc2ccccc2)C(=O)NC(C)C)c1. The first kappa shape index (κ1) is 32.9. The highest BCUT2D eigenvalue weighted by atomic mass is 32.2. The summed E-state index contributed by atoms with van der Waals surface area (Å²) >= 11 is 0. The molecule has 11 heteroatoms. The molecule has 234 valence electrons. The third-order valence-electron chi connectivity index (χ3n) is 7.08. The average molecular weight is 629 g/mol. The Kier molecular flexibility index (Phi) is 10.7. The molecule has 0 bridgehead atoms. The molecule has 10 nitrogen and oxygen atoms in total. The van der Waals surface area contributed by atoms with Crippen molar-refractivity contribution in [3.63, 3.8) is 0 Å². The number of nitro benzene ring substituents is 1. The number of anilines is 1. The summed E-state index contributed by atoms with van der Waals surface area (Å²) in [6, 6.07) is 28.2. The van der Waals surface area contributed by atoms with E-state index in [0.717, 1.165) is 27.1 Å². The number of hydrogen-bond donors (Lipinski definition) is 1. The van der Waals surface area contributed by atoms with Gasteiger partial charge in [-0.25, -0.2) is 8.42 Å². The van der Waals surface area contributed by atoms with E-state index in [1.165, 1.54) is 35.2 Å². The van der Waals surface area contributed by atoms with Gasteiger partial charge in [0.15, 0.2) is 0 Å². The van der Waals surface area contributed by atoms with Crippen molar-refractivity contribution in [1.82, 2.24) is 10.2 Å². The van der Waals surface area contributed by atoms with Crippen molar-refractivity contribution >= 4 is 33.2 Å². The molecule has 45 heavy (non-hydrogen) atoms. The van der Waals surface area contributed by atoms with Crippen LogP contribution in [-0.4, -0.2) is 48.7 Å². The number of non-ortho nitro benzene ring substituents is 1. The highest BCUT2D eigenvalue weighted by Gasteiger charge is 2.35. The zero-order valence-corrected chi connectivity index (χ0v) is 26.2. The number of carbonyl (C=O) groups excluding carboxylic acids is 2. The highest BCUT2D eigenvalue weighted by Crippen LogP contribution is 2.28. The van der Waals surface area contributed by atoms with Crippen LogP contribution >= 0.6 is 0 Å². The van der Waals surface area contributed by atoms with Gasteiger partial charge < -0.3 is 10.2 Å². The molecule has 0 saturated heterocycles. The summed E-state index contributed by atoms with van der Waals surface area (Å²) in [5, 5.41) is 14.5. The second kappa shape index (κ2) is 14.6. The molecule has 1 N–H and O–H groups in total. The minimum Gasteiger partial charge on any atom is -0.352 e. The number of aryl methyl sites for hydroxylation is 1. The molecule has 0 heterocycles. The van der Waals surface area contributed by atoms with Crippen LogP contribution in [0.1, 0.15) is 30.5 Å². The van der Waals surface area contributed by atoms with E-state index in [1.807, 2.05) is 75.4 Å². The molecular weight excluding hydrogens is 592 g/mol. The lowest BCUT2D eigenvalue weighted by Gasteiger charge is -2.34. The second-order valence-corrected chi connectivity index (χ2v) is 12.8. The van der Waals surface area contributed by atoms with Crippen molar-refractivity contribution in [1.29, 1.82) is 0 Å². The molecular formula is C34H36N4O6S. The lowest BCUT2D eigenvalue weighted by atomic mass is 10.0. The summed E-state index contributed by atoms with van der Waals surface area (Å²) in [5.41, 5.74) is 2.14. The Morgan fingerprint density at radius 2 is 1.47 bits per heavy atom. The largest absolute Gasteiger partial charge is 0.352 e. The summed E-state index contributed by atoms with van der Waals surface area (Å²) in [6.45, 7) is 4.88. The molecule has 2 amide bonds. The number of nitro groups is 1. The third-order valence-corrected chi connectivity index (χ3v) is 8.86. The van der Waals surface area contributed by atoms with Crippen molar-refractivity contribution in [3.8, 4) is 0 Å². The molecule has 4 aromatic carbocycles. The zero-order valence-electron chi connectivity index (χ0n) is 25.4. The van der Waals surface area contributed by atoms with Gasteiger partial charge in [0.1, 0.15) is 12.6 Å². The van der Waals surface area contributed by atoms with Crippen LogP contribution < -0.4 is 9.62 Å². The molecule has 4 aromatic rings. The molecule has 0 radical (unpaired) electrons. The van der Waals surface area contributed by atoms with E-state index in [1.54, 1.807) is 18.2 Å². The Balaban J connectivity index is 1.83. The summed E-state index contributed by atoms with van der Waals surface area (Å²) < 4.78 is 28.9. The van der Waals surface area contributed by atoms with Crippen LogP contribution in [0.4, 0.5) is 11.4 Å². The van der Waals surface area contributed by atoms with Gasteiger partial charge >= 0.3 is 0 Å². The monoisotopic (exact) mass is 628 g/mol. The first-order valence-electron chi connectivity index (χ1n) is 14.5. The van der Waals surface area contributed by atoms with Gasteiger partial charge in [0.2, 0.25) is 11.8 Å². The summed E-state index contributed by atoms with van der Waals surface area (Å²) in [7, 11) is -4.37. The molecule has 0 aliphatic rings. The standard InChI is InChI=1S/C34H36N4O6S/c1-25(2)35-34(40)32(21-27-13-6-4-7-14-27)36(23-28-15-10-12-26(3)20-28)33(39)24-37(29-16-11-17-30(22-29)38(41)42)45(43,44)31-18-8-5-9-19-31/h4-20,22,25,32H,21,23-24H2,1-3H3,(H,35,40)/t32-/m1/s1. The molecule has 0 aliphatic heterocycles. The van der Waals surface area contributed by atoms with Gasteiger partial charge in [0, 0.05) is 31.1 Å². The van der Waals surface area contributed by atoms with E-state index in [0.29, 0.717) is 0 Å². The maximum Gasteiger partial charge on any atom is 0.271 e. The van der Waals surface area contributed by atoms with Crippen molar-refractivity contribution in [2.24, 2.45) is 0 Å². The molecule has 0 spiro atoms.